The molecular formula is C15H22IN3O4. The van der Waals surface area contributed by atoms with Crippen molar-refractivity contribution in [2.24, 2.45) is 4.99 Å². The molecule has 7 nitrogen and oxygen atoms in total. The average Bonchev–Trinajstić information content (AvgIpc) is 3.00. The van der Waals surface area contributed by atoms with Crippen LogP contribution in [0.3, 0.4) is 0 Å². The second-order valence-corrected chi connectivity index (χ2v) is 4.64. The number of nitrogens with zero attached hydrogens (tertiary/aromatic N) is 1. The Balaban J connectivity index is 0.00000264. The van der Waals surface area contributed by atoms with Gasteiger partial charge in [0, 0.05) is 13.1 Å². The molecule has 2 N–H and O–H groups in total. The third kappa shape index (κ3) is 6.12. The predicted octanol–water partition coefficient (Wildman–Crippen LogP) is 1.65. The largest absolute Gasteiger partial charge is 0.469 e. The number of hydrogen-bond acceptors (Lipinski definition) is 5. The number of carbonyl (C=O) groups excluding carboxylic acids is 1. The molecule has 0 unspecified atom stereocenters. The van der Waals surface area contributed by atoms with Crippen molar-refractivity contribution in [2.45, 2.75) is 19.9 Å². The Kier molecular flexibility index (Phi) is 8.52. The number of hydrogen-bond donors (Lipinski definition) is 2. The summed E-state index contributed by atoms with van der Waals surface area (Å²) in [6, 6.07) is 5.75. The number of fused-ring (bicyclic) bond motifs is 1. The number of halogens is 1. The Labute approximate surface area is 152 Å². The second-order valence-electron chi connectivity index (χ2n) is 4.64. The van der Waals surface area contributed by atoms with E-state index < -0.39 is 0 Å². The summed E-state index contributed by atoms with van der Waals surface area (Å²) in [6.07, 6.45) is 0.297. The van der Waals surface area contributed by atoms with Crippen molar-refractivity contribution >= 4 is 35.9 Å². The summed E-state index contributed by atoms with van der Waals surface area (Å²) in [4.78, 5) is 15.6. The summed E-state index contributed by atoms with van der Waals surface area (Å²) in [5.41, 5.74) is 1.02. The number of rotatable bonds is 6. The highest BCUT2D eigenvalue weighted by molar-refractivity contribution is 14.0. The lowest BCUT2D eigenvalue weighted by molar-refractivity contribution is -0.140. The molecule has 0 saturated heterocycles. The summed E-state index contributed by atoms with van der Waals surface area (Å²) in [5, 5.41) is 6.22. The normalized spacial score (nSPS) is 12.3. The van der Waals surface area contributed by atoms with Crippen molar-refractivity contribution in [3.05, 3.63) is 23.8 Å². The van der Waals surface area contributed by atoms with E-state index in [0.29, 0.717) is 25.5 Å². The first kappa shape index (κ1) is 19.3. The molecule has 0 radical (unpaired) electrons. The van der Waals surface area contributed by atoms with Crippen LogP contribution in [-0.4, -0.2) is 38.9 Å². The van der Waals surface area contributed by atoms with Crippen molar-refractivity contribution in [3.8, 4) is 11.5 Å². The zero-order valence-electron chi connectivity index (χ0n) is 13.3. The molecule has 1 heterocycles. The minimum atomic E-state index is -0.251. The van der Waals surface area contributed by atoms with Crippen LogP contribution >= 0.6 is 24.0 Å². The lowest BCUT2D eigenvalue weighted by atomic mass is 10.2. The summed E-state index contributed by atoms with van der Waals surface area (Å²) in [5.74, 6) is 1.91. The van der Waals surface area contributed by atoms with Crippen molar-refractivity contribution in [2.75, 3.05) is 27.0 Å². The van der Waals surface area contributed by atoms with Crippen LogP contribution in [-0.2, 0) is 16.1 Å². The average molecular weight is 435 g/mol. The molecule has 1 aliphatic rings. The van der Waals surface area contributed by atoms with Gasteiger partial charge in [0.1, 0.15) is 0 Å². The van der Waals surface area contributed by atoms with Crippen LogP contribution < -0.4 is 20.1 Å². The quantitative estimate of drug-likeness (QED) is 0.306. The summed E-state index contributed by atoms with van der Waals surface area (Å²) >= 11 is 0. The van der Waals surface area contributed by atoms with Gasteiger partial charge in [-0.25, -0.2) is 4.99 Å². The molecule has 1 aliphatic heterocycles. The Morgan fingerprint density at radius 2 is 2.09 bits per heavy atom. The van der Waals surface area contributed by atoms with E-state index in [4.69, 9.17) is 9.47 Å². The van der Waals surface area contributed by atoms with Gasteiger partial charge in [-0.3, -0.25) is 4.79 Å². The molecule has 0 aromatic heterocycles. The molecular weight excluding hydrogens is 413 g/mol. The molecule has 0 aliphatic carbocycles. The molecule has 0 atom stereocenters. The topological polar surface area (TPSA) is 81.2 Å². The van der Waals surface area contributed by atoms with E-state index in [1.165, 1.54) is 7.11 Å². The fourth-order valence-electron chi connectivity index (χ4n) is 1.94. The lowest BCUT2D eigenvalue weighted by Crippen LogP contribution is -2.38. The van der Waals surface area contributed by atoms with Crippen molar-refractivity contribution in [3.63, 3.8) is 0 Å². The minimum Gasteiger partial charge on any atom is -0.469 e. The fourth-order valence-corrected chi connectivity index (χ4v) is 1.94. The van der Waals surface area contributed by atoms with Gasteiger partial charge in [-0.15, -0.1) is 24.0 Å². The first-order chi connectivity index (χ1) is 10.7. The highest BCUT2D eigenvalue weighted by Crippen LogP contribution is 2.32. The van der Waals surface area contributed by atoms with E-state index in [0.717, 1.165) is 23.6 Å². The second kappa shape index (κ2) is 10.1. The van der Waals surface area contributed by atoms with Gasteiger partial charge in [0.15, 0.2) is 17.5 Å². The van der Waals surface area contributed by atoms with Crippen LogP contribution in [0.2, 0.25) is 0 Å². The van der Waals surface area contributed by atoms with Gasteiger partial charge in [0.05, 0.1) is 20.1 Å². The SMILES string of the molecule is CCNC(=NCc1ccc2c(c1)OCO2)NCCC(=O)OC.I. The smallest absolute Gasteiger partial charge is 0.307 e. The molecule has 0 spiro atoms. The Morgan fingerprint density at radius 3 is 2.83 bits per heavy atom. The van der Waals surface area contributed by atoms with Gasteiger partial charge in [-0.2, -0.15) is 0 Å². The number of nitrogens with one attached hydrogen (secondary N) is 2. The van der Waals surface area contributed by atoms with Crippen LogP contribution in [0.25, 0.3) is 0 Å². The zero-order chi connectivity index (χ0) is 15.8. The van der Waals surface area contributed by atoms with Gasteiger partial charge in [-0.05, 0) is 24.6 Å². The number of aliphatic imine (C=N–C) groups is 1. The first-order valence-electron chi connectivity index (χ1n) is 7.20. The molecule has 23 heavy (non-hydrogen) atoms. The highest BCUT2D eigenvalue weighted by Gasteiger charge is 2.12. The predicted molar refractivity (Wildman–Crippen MR) is 97.4 cm³/mol. The number of methoxy groups -OCH3 is 1. The van der Waals surface area contributed by atoms with Crippen LogP contribution in [0, 0.1) is 0 Å². The minimum absolute atomic E-state index is 0. The van der Waals surface area contributed by atoms with E-state index in [-0.39, 0.29) is 36.7 Å². The highest BCUT2D eigenvalue weighted by atomic mass is 127. The molecule has 2 rings (SSSR count). The molecule has 0 saturated carbocycles. The maximum absolute atomic E-state index is 11.1. The van der Waals surface area contributed by atoms with Crippen LogP contribution in [0.15, 0.2) is 23.2 Å². The molecule has 1 aromatic carbocycles. The number of benzene rings is 1. The molecule has 0 amide bonds. The Morgan fingerprint density at radius 1 is 1.30 bits per heavy atom. The van der Waals surface area contributed by atoms with Crippen LogP contribution in [0.5, 0.6) is 11.5 Å². The molecule has 8 heteroatoms. The molecule has 0 bridgehead atoms. The van der Waals surface area contributed by atoms with Gasteiger partial charge in [-0.1, -0.05) is 6.07 Å². The molecule has 0 fully saturated rings. The van der Waals surface area contributed by atoms with Crippen LogP contribution in [0.4, 0.5) is 0 Å². The first-order valence-corrected chi connectivity index (χ1v) is 7.20. The monoisotopic (exact) mass is 435 g/mol. The van der Waals surface area contributed by atoms with E-state index in [2.05, 4.69) is 20.4 Å². The zero-order valence-corrected chi connectivity index (χ0v) is 15.6. The maximum Gasteiger partial charge on any atom is 0.307 e. The van der Waals surface area contributed by atoms with Crippen molar-refractivity contribution in [1.29, 1.82) is 0 Å². The summed E-state index contributed by atoms with van der Waals surface area (Å²) < 4.78 is 15.2. The number of ether oxygens (including phenoxy) is 3. The Hall–Kier alpha value is -1.71. The Bertz CT molecular complexity index is 552. The van der Waals surface area contributed by atoms with Gasteiger partial charge < -0.3 is 24.8 Å². The summed E-state index contributed by atoms with van der Waals surface area (Å²) in [7, 11) is 1.38. The fraction of sp³-hybridized carbons (Fsp3) is 0.467. The van der Waals surface area contributed by atoms with Gasteiger partial charge >= 0.3 is 5.97 Å². The van der Waals surface area contributed by atoms with Crippen molar-refractivity contribution in [1.82, 2.24) is 10.6 Å². The molecule has 1 aromatic rings. The third-order valence-electron chi connectivity index (χ3n) is 3.05. The van der Waals surface area contributed by atoms with E-state index in [1.54, 1.807) is 0 Å². The van der Waals surface area contributed by atoms with Crippen LogP contribution in [0.1, 0.15) is 18.9 Å². The van der Waals surface area contributed by atoms with Crippen molar-refractivity contribution < 1.29 is 19.0 Å². The summed E-state index contributed by atoms with van der Waals surface area (Å²) in [6.45, 7) is 3.97. The van der Waals surface area contributed by atoms with E-state index in [9.17, 15) is 4.79 Å². The third-order valence-corrected chi connectivity index (χ3v) is 3.05. The van der Waals surface area contributed by atoms with E-state index in [1.807, 2.05) is 25.1 Å². The standard InChI is InChI=1S/C15H21N3O4.HI/c1-3-16-15(17-7-6-14(19)20-2)18-9-11-4-5-12-13(8-11)22-10-21-12;/h4-5,8H,3,6-7,9-10H2,1-2H3,(H2,16,17,18);1H. The number of carbonyl (C=O) groups is 1. The van der Waals surface area contributed by atoms with E-state index >= 15 is 0 Å². The number of esters is 1. The van der Waals surface area contributed by atoms with Gasteiger partial charge in [0.25, 0.3) is 0 Å². The van der Waals surface area contributed by atoms with Gasteiger partial charge in [0.2, 0.25) is 6.79 Å². The maximum atomic E-state index is 11.1. The lowest BCUT2D eigenvalue weighted by Gasteiger charge is -2.10. The molecule has 128 valence electrons. The number of guanidine groups is 1.